The molecule has 0 fully saturated rings. The molecule has 1 nitrogen and oxygen atoms in total. The molecule has 90 valence electrons. The van der Waals surface area contributed by atoms with Crippen LogP contribution in [0.5, 0.6) is 0 Å². The number of aryl methyl sites for hydroxylation is 1. The molecular weight excluding hydrogens is 244 g/mol. The van der Waals surface area contributed by atoms with Crippen LogP contribution in [-0.2, 0) is 0 Å². The Hall–Kier alpha value is -1.86. The molecule has 2 aromatic rings. The van der Waals surface area contributed by atoms with Gasteiger partial charge in [0.1, 0.15) is 0 Å². The molecule has 0 unspecified atom stereocenters. The molecule has 2 aromatic carbocycles. The van der Waals surface area contributed by atoms with Crippen LogP contribution in [0, 0.1) is 6.92 Å². The average molecular weight is 257 g/mol. The summed E-state index contributed by atoms with van der Waals surface area (Å²) in [5.41, 5.74) is 2.80. The van der Waals surface area contributed by atoms with Crippen molar-refractivity contribution in [3.05, 3.63) is 76.3 Å². The van der Waals surface area contributed by atoms with E-state index < -0.39 is 0 Å². The Morgan fingerprint density at radius 3 is 2.22 bits per heavy atom. The molecule has 0 N–H and O–H groups in total. The Morgan fingerprint density at radius 1 is 1.00 bits per heavy atom. The predicted octanol–water partition coefficient (Wildman–Crippen LogP) is 4.54. The molecule has 2 heteroatoms. The van der Waals surface area contributed by atoms with Crippen molar-refractivity contribution in [1.82, 2.24) is 0 Å². The summed E-state index contributed by atoms with van der Waals surface area (Å²) in [4.78, 5) is 11.9. The lowest BCUT2D eigenvalue weighted by atomic mass is 10.1. The fraction of sp³-hybridized carbons (Fsp3) is 0.0625. The first-order valence-corrected chi connectivity index (χ1v) is 6.07. The molecule has 0 bridgehead atoms. The third kappa shape index (κ3) is 3.31. The number of halogens is 1. The maximum atomic E-state index is 11.9. The van der Waals surface area contributed by atoms with Gasteiger partial charge in [-0.05, 0) is 30.7 Å². The van der Waals surface area contributed by atoms with Gasteiger partial charge in [0, 0.05) is 10.6 Å². The van der Waals surface area contributed by atoms with Gasteiger partial charge in [0.05, 0.1) is 0 Å². The van der Waals surface area contributed by atoms with E-state index in [1.807, 2.05) is 43.3 Å². The number of allylic oxidation sites excluding steroid dienone is 1. The number of benzene rings is 2. The van der Waals surface area contributed by atoms with Gasteiger partial charge in [0.25, 0.3) is 0 Å². The first-order chi connectivity index (χ1) is 8.65. The zero-order valence-electron chi connectivity index (χ0n) is 10.1. The van der Waals surface area contributed by atoms with Gasteiger partial charge >= 0.3 is 0 Å². The number of hydrogen-bond acceptors (Lipinski definition) is 1. The summed E-state index contributed by atoms with van der Waals surface area (Å²) < 4.78 is 0. The molecule has 18 heavy (non-hydrogen) atoms. The van der Waals surface area contributed by atoms with Crippen molar-refractivity contribution in [2.75, 3.05) is 0 Å². The van der Waals surface area contributed by atoms with Crippen molar-refractivity contribution in [3.8, 4) is 0 Å². The number of hydrogen-bond donors (Lipinski definition) is 0. The van der Waals surface area contributed by atoms with Crippen LogP contribution in [0.4, 0.5) is 0 Å². The number of rotatable bonds is 3. The van der Waals surface area contributed by atoms with Crippen LogP contribution in [0.15, 0.2) is 54.6 Å². The largest absolute Gasteiger partial charge is 0.289 e. The Kier molecular flexibility index (Phi) is 3.96. The minimum Gasteiger partial charge on any atom is -0.289 e. The summed E-state index contributed by atoms with van der Waals surface area (Å²) >= 11 is 5.79. The zero-order valence-corrected chi connectivity index (χ0v) is 10.8. The van der Waals surface area contributed by atoms with Crippen LogP contribution in [0.2, 0.25) is 5.02 Å². The smallest absolute Gasteiger partial charge is 0.185 e. The summed E-state index contributed by atoms with van der Waals surface area (Å²) in [5.74, 6) is 0.00458. The average Bonchev–Trinajstić information content (AvgIpc) is 2.38. The van der Waals surface area contributed by atoms with Crippen LogP contribution in [-0.4, -0.2) is 5.78 Å². The second-order valence-electron chi connectivity index (χ2n) is 4.12. The highest BCUT2D eigenvalue weighted by molar-refractivity contribution is 6.30. The highest BCUT2D eigenvalue weighted by Crippen LogP contribution is 2.11. The van der Waals surface area contributed by atoms with Gasteiger partial charge in [-0.25, -0.2) is 0 Å². The number of carbonyl (C=O) groups excluding carboxylic acids is 1. The van der Waals surface area contributed by atoms with E-state index in [4.69, 9.17) is 11.6 Å². The van der Waals surface area contributed by atoms with Crippen molar-refractivity contribution < 1.29 is 4.79 Å². The van der Waals surface area contributed by atoms with Gasteiger partial charge < -0.3 is 0 Å². The van der Waals surface area contributed by atoms with Crippen molar-refractivity contribution in [1.29, 1.82) is 0 Å². The SMILES string of the molecule is Cc1ccc(C(=O)/C=C\c2ccc(Cl)cc2)cc1. The van der Waals surface area contributed by atoms with Gasteiger partial charge in [-0.15, -0.1) is 0 Å². The third-order valence-electron chi connectivity index (χ3n) is 2.63. The van der Waals surface area contributed by atoms with Crippen molar-refractivity contribution in [3.63, 3.8) is 0 Å². The van der Waals surface area contributed by atoms with Crippen LogP contribution >= 0.6 is 11.6 Å². The highest BCUT2D eigenvalue weighted by Gasteiger charge is 2.00. The fourth-order valence-electron chi connectivity index (χ4n) is 1.56. The fourth-order valence-corrected chi connectivity index (χ4v) is 1.69. The normalized spacial score (nSPS) is 10.8. The Labute approximate surface area is 112 Å². The molecule has 2 rings (SSSR count). The lowest BCUT2D eigenvalue weighted by molar-refractivity contribution is 0.104. The maximum Gasteiger partial charge on any atom is 0.185 e. The summed E-state index contributed by atoms with van der Waals surface area (Å²) in [6, 6.07) is 14.9. The summed E-state index contributed by atoms with van der Waals surface area (Å²) in [7, 11) is 0. The third-order valence-corrected chi connectivity index (χ3v) is 2.89. The van der Waals surface area contributed by atoms with E-state index in [-0.39, 0.29) is 5.78 Å². The molecule has 0 aliphatic heterocycles. The molecule has 0 atom stereocenters. The second kappa shape index (κ2) is 5.65. The van der Waals surface area contributed by atoms with Crippen molar-refractivity contribution in [2.24, 2.45) is 0 Å². The van der Waals surface area contributed by atoms with Crippen LogP contribution in [0.25, 0.3) is 6.08 Å². The molecule has 0 aliphatic rings. The van der Waals surface area contributed by atoms with E-state index in [9.17, 15) is 4.79 Å². The standard InChI is InChI=1S/C16H13ClO/c1-12-2-7-14(8-3-12)16(18)11-6-13-4-9-15(17)10-5-13/h2-11H,1H3/b11-6-. The van der Waals surface area contributed by atoms with Gasteiger partial charge in [0.15, 0.2) is 5.78 Å². The topological polar surface area (TPSA) is 17.1 Å². The molecule has 0 aromatic heterocycles. The molecule has 0 saturated carbocycles. The Morgan fingerprint density at radius 2 is 1.61 bits per heavy atom. The van der Waals surface area contributed by atoms with Crippen molar-refractivity contribution >= 4 is 23.5 Å². The predicted molar refractivity (Wildman–Crippen MR) is 76.0 cm³/mol. The molecule has 0 radical (unpaired) electrons. The molecule has 0 spiro atoms. The second-order valence-corrected chi connectivity index (χ2v) is 4.55. The van der Waals surface area contributed by atoms with Crippen LogP contribution in [0.1, 0.15) is 21.5 Å². The van der Waals surface area contributed by atoms with E-state index in [0.717, 1.165) is 11.1 Å². The molecule has 0 aliphatic carbocycles. The number of ketones is 1. The van der Waals surface area contributed by atoms with E-state index in [0.29, 0.717) is 10.6 Å². The van der Waals surface area contributed by atoms with Crippen LogP contribution < -0.4 is 0 Å². The van der Waals surface area contributed by atoms with Crippen LogP contribution in [0.3, 0.4) is 0 Å². The Bertz CT molecular complexity index is 565. The van der Waals surface area contributed by atoms with Gasteiger partial charge in [0.2, 0.25) is 0 Å². The highest BCUT2D eigenvalue weighted by atomic mass is 35.5. The van der Waals surface area contributed by atoms with E-state index in [1.165, 1.54) is 0 Å². The quantitative estimate of drug-likeness (QED) is 0.582. The van der Waals surface area contributed by atoms with Gasteiger partial charge in [-0.1, -0.05) is 59.6 Å². The Balaban J connectivity index is 2.11. The first-order valence-electron chi connectivity index (χ1n) is 5.70. The maximum absolute atomic E-state index is 11.9. The minimum atomic E-state index is 0.00458. The lowest BCUT2D eigenvalue weighted by Crippen LogP contribution is -1.93. The molecule has 0 amide bonds. The molecule has 0 saturated heterocycles. The van der Waals surface area contributed by atoms with E-state index in [2.05, 4.69) is 0 Å². The van der Waals surface area contributed by atoms with E-state index >= 15 is 0 Å². The molecule has 0 heterocycles. The van der Waals surface area contributed by atoms with E-state index in [1.54, 1.807) is 24.3 Å². The van der Waals surface area contributed by atoms with Crippen molar-refractivity contribution in [2.45, 2.75) is 6.92 Å². The summed E-state index contributed by atoms with van der Waals surface area (Å²) in [5, 5.41) is 0.692. The zero-order chi connectivity index (χ0) is 13.0. The first kappa shape index (κ1) is 12.6. The minimum absolute atomic E-state index is 0.00458. The van der Waals surface area contributed by atoms with Gasteiger partial charge in [-0.2, -0.15) is 0 Å². The summed E-state index contributed by atoms with van der Waals surface area (Å²) in [6.45, 7) is 2.00. The lowest BCUT2D eigenvalue weighted by Gasteiger charge is -1.97. The summed E-state index contributed by atoms with van der Waals surface area (Å²) in [6.07, 6.45) is 3.37. The van der Waals surface area contributed by atoms with Gasteiger partial charge in [-0.3, -0.25) is 4.79 Å². The molecular formula is C16H13ClO. The number of carbonyl (C=O) groups is 1. The monoisotopic (exact) mass is 256 g/mol.